The van der Waals surface area contributed by atoms with E-state index in [1.165, 1.54) is 19.2 Å². The molecule has 27 heavy (non-hydrogen) atoms. The van der Waals surface area contributed by atoms with Crippen LogP contribution < -0.4 is 10.2 Å². The minimum Gasteiger partial charge on any atom is -0.489 e. The normalized spacial score (nSPS) is 10.9. The van der Waals surface area contributed by atoms with Crippen LogP contribution in [-0.2, 0) is 11.3 Å². The Morgan fingerprint density at radius 3 is 2.81 bits per heavy atom. The van der Waals surface area contributed by atoms with Gasteiger partial charge in [-0.2, -0.15) is 0 Å². The fraction of sp³-hybridized carbons (Fsp3) is 0.0952. The number of esters is 1. The third-order valence-electron chi connectivity index (χ3n) is 4.08. The number of hydrogen-bond acceptors (Lipinski definition) is 6. The molecule has 0 aromatic heterocycles. The number of aromatic nitrogens is 1. The Hall–Kier alpha value is -3.67. The van der Waals surface area contributed by atoms with E-state index in [-0.39, 0.29) is 12.0 Å². The molecule has 0 atom stereocenters. The van der Waals surface area contributed by atoms with E-state index >= 15 is 0 Å². The van der Waals surface area contributed by atoms with E-state index in [4.69, 9.17) is 13.9 Å². The second-order valence-corrected chi connectivity index (χ2v) is 5.95. The van der Waals surface area contributed by atoms with Gasteiger partial charge in [-0.3, -0.25) is 4.79 Å². The minimum atomic E-state index is -0.392. The lowest BCUT2D eigenvalue weighted by Gasteiger charge is -2.09. The van der Waals surface area contributed by atoms with E-state index in [0.29, 0.717) is 33.9 Å². The molecular formula is C21H15NO5. The first-order chi connectivity index (χ1) is 13.1. The molecule has 0 amide bonds. The van der Waals surface area contributed by atoms with Crippen LogP contribution in [-0.4, -0.2) is 18.1 Å². The maximum atomic E-state index is 11.6. The SMILES string of the molecule is COC(=O)c1cccc(COc2ccc3nc4ccc(=O)cc-4oc3c2)c1. The zero-order valence-electron chi connectivity index (χ0n) is 14.5. The summed E-state index contributed by atoms with van der Waals surface area (Å²) in [5.74, 6) is 0.629. The third-order valence-corrected chi connectivity index (χ3v) is 4.08. The lowest BCUT2D eigenvalue weighted by molar-refractivity contribution is 0.0600. The molecule has 0 radical (unpaired) electrons. The van der Waals surface area contributed by atoms with E-state index in [0.717, 1.165) is 5.56 Å². The monoisotopic (exact) mass is 361 g/mol. The molecule has 0 saturated carbocycles. The first-order valence-corrected chi connectivity index (χ1v) is 8.27. The first-order valence-electron chi connectivity index (χ1n) is 8.27. The number of ether oxygens (including phenoxy) is 2. The van der Waals surface area contributed by atoms with Crippen molar-refractivity contribution in [2.75, 3.05) is 7.11 Å². The number of carbonyl (C=O) groups is 1. The summed E-state index contributed by atoms with van der Waals surface area (Å²) in [6.07, 6.45) is 0. The van der Waals surface area contributed by atoms with Crippen molar-refractivity contribution >= 4 is 17.1 Å². The molecule has 0 unspecified atom stereocenters. The molecule has 0 N–H and O–H groups in total. The van der Waals surface area contributed by atoms with Crippen LogP contribution in [0.15, 0.2) is 69.9 Å². The van der Waals surface area contributed by atoms with Gasteiger partial charge >= 0.3 is 5.97 Å². The van der Waals surface area contributed by atoms with Crippen molar-refractivity contribution in [3.05, 3.63) is 82.0 Å². The van der Waals surface area contributed by atoms with Gasteiger partial charge in [0.15, 0.2) is 16.8 Å². The Bertz CT molecular complexity index is 1160. The molecule has 4 rings (SSSR count). The van der Waals surface area contributed by atoms with E-state index in [1.54, 1.807) is 42.5 Å². The predicted molar refractivity (Wildman–Crippen MR) is 99.0 cm³/mol. The van der Waals surface area contributed by atoms with Gasteiger partial charge in [-0.25, -0.2) is 9.78 Å². The number of fused-ring (bicyclic) bond motifs is 2. The molecule has 2 aromatic carbocycles. The number of rotatable bonds is 4. The van der Waals surface area contributed by atoms with Crippen molar-refractivity contribution in [1.29, 1.82) is 0 Å². The summed E-state index contributed by atoms with van der Waals surface area (Å²) in [7, 11) is 1.34. The summed E-state index contributed by atoms with van der Waals surface area (Å²) >= 11 is 0. The van der Waals surface area contributed by atoms with Crippen molar-refractivity contribution in [1.82, 2.24) is 4.98 Å². The van der Waals surface area contributed by atoms with Gasteiger partial charge in [-0.1, -0.05) is 12.1 Å². The fourth-order valence-corrected chi connectivity index (χ4v) is 2.75. The van der Waals surface area contributed by atoms with Crippen molar-refractivity contribution < 1.29 is 18.7 Å². The van der Waals surface area contributed by atoms with Gasteiger partial charge in [-0.15, -0.1) is 0 Å². The molecule has 134 valence electrons. The van der Waals surface area contributed by atoms with E-state index in [2.05, 4.69) is 4.98 Å². The van der Waals surface area contributed by atoms with Crippen LogP contribution in [0.5, 0.6) is 5.75 Å². The van der Waals surface area contributed by atoms with Crippen molar-refractivity contribution in [2.24, 2.45) is 0 Å². The molecule has 1 aliphatic heterocycles. The van der Waals surface area contributed by atoms with Gasteiger partial charge in [0.05, 0.1) is 12.7 Å². The second kappa shape index (κ2) is 6.92. The Labute approximate surface area is 154 Å². The number of hydrogen-bond donors (Lipinski definition) is 0. The highest BCUT2D eigenvalue weighted by atomic mass is 16.5. The van der Waals surface area contributed by atoms with Crippen LogP contribution in [0.2, 0.25) is 0 Å². The van der Waals surface area contributed by atoms with Crippen molar-refractivity contribution in [3.63, 3.8) is 0 Å². The second-order valence-electron chi connectivity index (χ2n) is 5.95. The molecule has 2 aliphatic rings. The topological polar surface area (TPSA) is 78.6 Å². The molecule has 0 spiro atoms. The number of methoxy groups -OCH3 is 1. The van der Waals surface area contributed by atoms with E-state index in [1.807, 2.05) is 6.07 Å². The van der Waals surface area contributed by atoms with Crippen LogP contribution in [0, 0.1) is 0 Å². The maximum absolute atomic E-state index is 11.6. The van der Waals surface area contributed by atoms with Crippen molar-refractivity contribution in [2.45, 2.75) is 6.61 Å². The molecule has 0 saturated heterocycles. The summed E-state index contributed by atoms with van der Waals surface area (Å²) in [5.41, 5.74) is 2.98. The number of benzene rings is 3. The quantitative estimate of drug-likeness (QED) is 0.408. The van der Waals surface area contributed by atoms with Gasteiger partial charge in [-0.05, 0) is 42.0 Å². The fourth-order valence-electron chi connectivity index (χ4n) is 2.75. The molecule has 1 aliphatic carbocycles. The first kappa shape index (κ1) is 16.8. The van der Waals surface area contributed by atoms with Crippen LogP contribution in [0.1, 0.15) is 15.9 Å². The smallest absolute Gasteiger partial charge is 0.337 e. The molecule has 6 nitrogen and oxygen atoms in total. The standard InChI is InChI=1S/C21H15NO5/c1-25-21(24)14-4-2-3-13(9-14)12-26-16-6-8-18-20(11-16)27-19-10-15(23)5-7-17(19)22-18/h2-11H,12H2,1H3. The Kier molecular flexibility index (Phi) is 4.30. The molecule has 6 heteroatoms. The lowest BCUT2D eigenvalue weighted by Crippen LogP contribution is -2.03. The molecular weight excluding hydrogens is 346 g/mol. The summed E-state index contributed by atoms with van der Waals surface area (Å²) in [5, 5.41) is 0. The molecule has 0 bridgehead atoms. The lowest BCUT2D eigenvalue weighted by atomic mass is 10.1. The average Bonchev–Trinajstić information content (AvgIpc) is 2.70. The van der Waals surface area contributed by atoms with Crippen LogP contribution in [0.3, 0.4) is 0 Å². The highest BCUT2D eigenvalue weighted by Crippen LogP contribution is 2.26. The van der Waals surface area contributed by atoms with Crippen LogP contribution in [0.4, 0.5) is 0 Å². The Morgan fingerprint density at radius 2 is 1.96 bits per heavy atom. The molecule has 2 aromatic rings. The maximum Gasteiger partial charge on any atom is 0.337 e. The van der Waals surface area contributed by atoms with Gasteiger partial charge in [0.1, 0.15) is 23.6 Å². The number of nitrogens with zero attached hydrogens (tertiary/aromatic N) is 1. The molecule has 0 fully saturated rings. The zero-order chi connectivity index (χ0) is 18.8. The largest absolute Gasteiger partial charge is 0.489 e. The van der Waals surface area contributed by atoms with Crippen LogP contribution >= 0.6 is 0 Å². The highest BCUT2D eigenvalue weighted by Gasteiger charge is 2.10. The zero-order valence-corrected chi connectivity index (χ0v) is 14.5. The number of carbonyl (C=O) groups excluding carboxylic acids is 1. The molecule has 1 heterocycles. The summed E-state index contributed by atoms with van der Waals surface area (Å²) in [6, 6.07) is 16.9. The van der Waals surface area contributed by atoms with Crippen molar-refractivity contribution in [3.8, 4) is 17.2 Å². The summed E-state index contributed by atoms with van der Waals surface area (Å²) in [6.45, 7) is 0.280. The Morgan fingerprint density at radius 1 is 1.07 bits per heavy atom. The van der Waals surface area contributed by atoms with Crippen LogP contribution in [0.25, 0.3) is 22.6 Å². The van der Waals surface area contributed by atoms with E-state index in [9.17, 15) is 9.59 Å². The minimum absolute atomic E-state index is 0.134. The summed E-state index contributed by atoms with van der Waals surface area (Å²) < 4.78 is 16.3. The van der Waals surface area contributed by atoms with Gasteiger partial charge in [0.2, 0.25) is 0 Å². The van der Waals surface area contributed by atoms with E-state index < -0.39 is 5.97 Å². The predicted octanol–water partition coefficient (Wildman–Crippen LogP) is 3.66. The van der Waals surface area contributed by atoms with Gasteiger partial charge < -0.3 is 13.9 Å². The average molecular weight is 361 g/mol. The highest BCUT2D eigenvalue weighted by molar-refractivity contribution is 5.89. The summed E-state index contributed by atoms with van der Waals surface area (Å²) in [4.78, 5) is 27.6. The Balaban J connectivity index is 1.59. The third kappa shape index (κ3) is 3.50. The van der Waals surface area contributed by atoms with Gasteiger partial charge in [0, 0.05) is 12.1 Å². The van der Waals surface area contributed by atoms with Gasteiger partial charge in [0.25, 0.3) is 0 Å².